The Morgan fingerprint density at radius 1 is 1.39 bits per heavy atom. The third kappa shape index (κ3) is 6.63. The summed E-state index contributed by atoms with van der Waals surface area (Å²) in [4.78, 5) is 0. The summed E-state index contributed by atoms with van der Waals surface area (Å²) in [5.41, 5.74) is 0.111. The number of nitrogens with one attached hydrogen (secondary N) is 1. The van der Waals surface area contributed by atoms with Crippen LogP contribution in [0.2, 0.25) is 0 Å². The van der Waals surface area contributed by atoms with Gasteiger partial charge in [0.1, 0.15) is 5.75 Å². The quantitative estimate of drug-likeness (QED) is 0.751. The summed E-state index contributed by atoms with van der Waals surface area (Å²) >= 11 is 0. The van der Waals surface area contributed by atoms with Crippen LogP contribution in [0.15, 0.2) is 36.1 Å². The number of benzene rings is 1. The molecule has 0 aliphatic rings. The van der Waals surface area contributed by atoms with Gasteiger partial charge in [-0.3, -0.25) is 0 Å². The maximum Gasteiger partial charge on any atom is 0.119 e. The monoisotopic (exact) mass is 323 g/mol. The van der Waals surface area contributed by atoms with Crippen LogP contribution in [0, 0.1) is 5.92 Å². The topological polar surface area (TPSA) is 50.7 Å². The molecule has 1 rings (SSSR count). The second-order valence-electron chi connectivity index (χ2n) is 5.57. The zero-order valence-corrected chi connectivity index (χ0v) is 15.6. The molecule has 0 aliphatic carbocycles. The molecule has 2 atom stereocenters. The Labute approximate surface area is 141 Å². The average molecular weight is 323 g/mol. The summed E-state index contributed by atoms with van der Waals surface area (Å²) in [6, 6.07) is 7.68. The van der Waals surface area contributed by atoms with Crippen molar-refractivity contribution >= 4 is 0 Å². The van der Waals surface area contributed by atoms with Gasteiger partial charge in [-0.05, 0) is 45.0 Å². The fraction of sp³-hybridized carbons (Fsp3) is 0.579. The lowest BCUT2D eigenvalue weighted by molar-refractivity contribution is -0.0201. The number of hydrogen-bond acceptors (Lipinski definition) is 4. The molecule has 23 heavy (non-hydrogen) atoms. The maximum atomic E-state index is 10.8. The summed E-state index contributed by atoms with van der Waals surface area (Å²) in [5, 5.41) is 13.9. The Kier molecular flexibility index (Phi) is 10.4. The van der Waals surface area contributed by atoms with Crippen LogP contribution in [0.4, 0.5) is 0 Å². The first-order valence-corrected chi connectivity index (χ1v) is 8.07. The minimum atomic E-state index is -0.808. The van der Waals surface area contributed by atoms with E-state index in [1.54, 1.807) is 14.2 Å². The third-order valence-electron chi connectivity index (χ3n) is 4.16. The van der Waals surface area contributed by atoms with E-state index in [0.29, 0.717) is 6.42 Å². The largest absolute Gasteiger partial charge is 0.502 e. The predicted molar refractivity (Wildman–Crippen MR) is 96.7 cm³/mol. The highest BCUT2D eigenvalue weighted by atomic mass is 16.5. The smallest absolute Gasteiger partial charge is 0.119 e. The van der Waals surface area contributed by atoms with E-state index in [4.69, 9.17) is 9.47 Å². The molecule has 0 radical (unpaired) electrons. The average Bonchev–Trinajstić information content (AvgIpc) is 2.60. The van der Waals surface area contributed by atoms with E-state index in [-0.39, 0.29) is 5.92 Å². The molecule has 0 spiro atoms. The van der Waals surface area contributed by atoms with Gasteiger partial charge in [-0.15, -0.1) is 0 Å². The molecular formula is C19H33NO3. The van der Waals surface area contributed by atoms with E-state index < -0.39 is 5.60 Å². The van der Waals surface area contributed by atoms with Crippen molar-refractivity contribution in [2.45, 2.75) is 39.7 Å². The molecule has 1 unspecified atom stereocenters. The van der Waals surface area contributed by atoms with Crippen LogP contribution in [0.25, 0.3) is 0 Å². The highest BCUT2D eigenvalue weighted by Gasteiger charge is 2.33. The van der Waals surface area contributed by atoms with Crippen LogP contribution < -0.4 is 10.1 Å². The zero-order valence-electron chi connectivity index (χ0n) is 15.6. The van der Waals surface area contributed by atoms with Gasteiger partial charge < -0.3 is 19.9 Å². The van der Waals surface area contributed by atoms with Crippen molar-refractivity contribution in [3.05, 3.63) is 41.7 Å². The van der Waals surface area contributed by atoms with E-state index in [1.165, 1.54) is 0 Å². The number of ether oxygens (including phenoxy) is 2. The van der Waals surface area contributed by atoms with Gasteiger partial charge in [0.05, 0.1) is 25.6 Å². The van der Waals surface area contributed by atoms with E-state index in [2.05, 4.69) is 12.2 Å². The standard InChI is InChI=1S/C14H23NO2.C5H10O/c1-5-14(16,11(2)10-15-3)12-7-6-8-13(9-12)17-4;1-4-5(2)6-3/h6-9,11,15-16H,5,10H2,1-4H3;4H,1-3H3/b;5-4+/t11?,14-;/m1./s1. The lowest BCUT2D eigenvalue weighted by atomic mass is 9.80. The van der Waals surface area contributed by atoms with Crippen molar-refractivity contribution in [1.82, 2.24) is 5.32 Å². The number of allylic oxidation sites excluding steroid dienone is 2. The summed E-state index contributed by atoms with van der Waals surface area (Å²) in [6.07, 6.45) is 2.60. The number of rotatable bonds is 7. The fourth-order valence-electron chi connectivity index (χ4n) is 2.32. The van der Waals surface area contributed by atoms with Gasteiger partial charge in [-0.1, -0.05) is 32.1 Å². The van der Waals surface area contributed by atoms with Crippen LogP contribution >= 0.6 is 0 Å². The Morgan fingerprint density at radius 3 is 2.43 bits per heavy atom. The van der Waals surface area contributed by atoms with E-state index in [0.717, 1.165) is 23.6 Å². The van der Waals surface area contributed by atoms with Crippen LogP contribution in [0.1, 0.15) is 39.7 Å². The van der Waals surface area contributed by atoms with Crippen LogP contribution in [0.5, 0.6) is 5.75 Å². The molecule has 0 bridgehead atoms. The second kappa shape index (κ2) is 11.1. The van der Waals surface area contributed by atoms with Gasteiger partial charge in [0.15, 0.2) is 0 Å². The van der Waals surface area contributed by atoms with Crippen LogP contribution in [0.3, 0.4) is 0 Å². The Bertz CT molecular complexity index is 473. The first-order valence-electron chi connectivity index (χ1n) is 8.07. The highest BCUT2D eigenvalue weighted by Crippen LogP contribution is 2.34. The molecule has 0 heterocycles. The summed E-state index contributed by atoms with van der Waals surface area (Å²) in [7, 11) is 5.20. The molecule has 0 saturated carbocycles. The number of methoxy groups -OCH3 is 2. The first-order chi connectivity index (χ1) is 10.9. The molecule has 0 fully saturated rings. The second-order valence-corrected chi connectivity index (χ2v) is 5.57. The summed E-state index contributed by atoms with van der Waals surface area (Å²) in [6.45, 7) is 8.70. The molecule has 0 amide bonds. The Balaban J connectivity index is 0.000000688. The normalized spacial score (nSPS) is 15.0. The fourth-order valence-corrected chi connectivity index (χ4v) is 2.32. The molecular weight excluding hydrogens is 290 g/mol. The van der Waals surface area contributed by atoms with E-state index >= 15 is 0 Å². The molecule has 1 aromatic carbocycles. The van der Waals surface area contributed by atoms with Crippen LogP contribution in [-0.4, -0.2) is 32.9 Å². The van der Waals surface area contributed by atoms with E-state index in [1.807, 2.05) is 58.2 Å². The molecule has 4 nitrogen and oxygen atoms in total. The molecule has 4 heteroatoms. The molecule has 0 aliphatic heterocycles. The minimum absolute atomic E-state index is 0.143. The molecule has 1 aromatic rings. The molecule has 0 saturated heterocycles. The van der Waals surface area contributed by atoms with Crippen molar-refractivity contribution < 1.29 is 14.6 Å². The van der Waals surface area contributed by atoms with Gasteiger partial charge >= 0.3 is 0 Å². The number of aliphatic hydroxyl groups is 1. The van der Waals surface area contributed by atoms with Gasteiger partial charge in [0, 0.05) is 12.5 Å². The van der Waals surface area contributed by atoms with Crippen molar-refractivity contribution in [3.63, 3.8) is 0 Å². The Morgan fingerprint density at radius 2 is 2.04 bits per heavy atom. The van der Waals surface area contributed by atoms with Crippen molar-refractivity contribution in [1.29, 1.82) is 0 Å². The zero-order chi connectivity index (χ0) is 17.9. The number of hydrogen-bond donors (Lipinski definition) is 2. The van der Waals surface area contributed by atoms with Crippen molar-refractivity contribution in [2.24, 2.45) is 5.92 Å². The van der Waals surface area contributed by atoms with Gasteiger partial charge in [0.25, 0.3) is 0 Å². The third-order valence-corrected chi connectivity index (χ3v) is 4.16. The van der Waals surface area contributed by atoms with Crippen molar-refractivity contribution in [2.75, 3.05) is 27.8 Å². The van der Waals surface area contributed by atoms with Gasteiger partial charge in [0.2, 0.25) is 0 Å². The minimum Gasteiger partial charge on any atom is -0.502 e. The van der Waals surface area contributed by atoms with E-state index in [9.17, 15) is 5.11 Å². The Hall–Kier alpha value is -1.52. The molecule has 132 valence electrons. The van der Waals surface area contributed by atoms with Gasteiger partial charge in [-0.2, -0.15) is 0 Å². The predicted octanol–water partition coefficient (Wildman–Crippen LogP) is 3.70. The van der Waals surface area contributed by atoms with Crippen molar-refractivity contribution in [3.8, 4) is 5.75 Å². The summed E-state index contributed by atoms with van der Waals surface area (Å²) in [5.74, 6) is 1.89. The SMILES string of the molecule is C/C=C(\C)OC.CC[C@](O)(c1cccc(OC)c1)C(C)CNC. The molecule has 2 N–H and O–H groups in total. The lowest BCUT2D eigenvalue weighted by Crippen LogP contribution is -2.38. The summed E-state index contributed by atoms with van der Waals surface area (Å²) < 4.78 is 9.97. The first kappa shape index (κ1) is 21.5. The van der Waals surface area contributed by atoms with Gasteiger partial charge in [-0.25, -0.2) is 0 Å². The van der Waals surface area contributed by atoms with Crippen LogP contribution in [-0.2, 0) is 10.3 Å². The lowest BCUT2D eigenvalue weighted by Gasteiger charge is -2.34. The molecule has 0 aromatic heterocycles. The maximum absolute atomic E-state index is 10.8. The highest BCUT2D eigenvalue weighted by molar-refractivity contribution is 5.32.